The van der Waals surface area contributed by atoms with E-state index in [-0.39, 0.29) is 18.7 Å². The Morgan fingerprint density at radius 3 is 2.96 bits per heavy atom. The summed E-state index contributed by atoms with van der Waals surface area (Å²) in [5.41, 5.74) is 0.525. The van der Waals surface area contributed by atoms with E-state index in [9.17, 15) is 4.79 Å². The molecule has 1 amide bonds. The van der Waals surface area contributed by atoms with Crippen molar-refractivity contribution in [1.29, 1.82) is 0 Å². The Morgan fingerprint density at radius 2 is 2.13 bits per heavy atom. The molecule has 4 rings (SSSR count). The lowest BCUT2D eigenvalue weighted by Crippen LogP contribution is -2.43. The number of ether oxygens (including phenoxy) is 3. The number of morpholine rings is 1. The molecule has 3 heterocycles. The Labute approximate surface area is 131 Å². The van der Waals surface area contributed by atoms with Gasteiger partial charge in [0.1, 0.15) is 6.04 Å². The van der Waals surface area contributed by atoms with E-state index in [2.05, 4.69) is 10.2 Å². The highest BCUT2D eigenvalue weighted by Gasteiger charge is 2.33. The largest absolute Gasteiger partial charge is 0.454 e. The summed E-state index contributed by atoms with van der Waals surface area (Å²) >= 11 is 0. The SMILES string of the molecule is Cc1nnc(C2COCCN2C(=O)c2ccc3c(c2)OCO3)o1. The number of rotatable bonds is 2. The van der Waals surface area contributed by atoms with Gasteiger partial charge in [0.05, 0.1) is 13.2 Å². The zero-order valence-electron chi connectivity index (χ0n) is 12.5. The summed E-state index contributed by atoms with van der Waals surface area (Å²) in [4.78, 5) is 14.6. The fourth-order valence-electron chi connectivity index (χ4n) is 2.69. The van der Waals surface area contributed by atoms with Gasteiger partial charge in [-0.1, -0.05) is 0 Å². The van der Waals surface area contributed by atoms with E-state index >= 15 is 0 Å². The summed E-state index contributed by atoms with van der Waals surface area (Å²) < 4.78 is 21.5. The van der Waals surface area contributed by atoms with Gasteiger partial charge in [-0.15, -0.1) is 10.2 Å². The van der Waals surface area contributed by atoms with Crippen LogP contribution in [0.25, 0.3) is 0 Å². The summed E-state index contributed by atoms with van der Waals surface area (Å²) in [6.45, 7) is 3.15. The smallest absolute Gasteiger partial charge is 0.254 e. The van der Waals surface area contributed by atoms with Gasteiger partial charge >= 0.3 is 0 Å². The molecule has 8 nitrogen and oxygen atoms in total. The van der Waals surface area contributed by atoms with E-state index in [1.165, 1.54) is 0 Å². The molecule has 23 heavy (non-hydrogen) atoms. The highest BCUT2D eigenvalue weighted by molar-refractivity contribution is 5.95. The van der Waals surface area contributed by atoms with Crippen LogP contribution in [0, 0.1) is 6.92 Å². The molecule has 1 aromatic heterocycles. The second kappa shape index (κ2) is 5.54. The second-order valence-electron chi connectivity index (χ2n) is 5.32. The molecule has 2 aliphatic heterocycles. The molecule has 2 aliphatic rings. The van der Waals surface area contributed by atoms with E-state index in [1.54, 1.807) is 30.0 Å². The Kier molecular flexibility index (Phi) is 3.38. The molecule has 1 unspecified atom stereocenters. The Morgan fingerprint density at radius 1 is 1.26 bits per heavy atom. The van der Waals surface area contributed by atoms with E-state index < -0.39 is 0 Å². The normalized spacial score (nSPS) is 19.9. The maximum atomic E-state index is 12.9. The van der Waals surface area contributed by atoms with Gasteiger partial charge in [-0.25, -0.2) is 0 Å². The molecule has 0 N–H and O–H groups in total. The fraction of sp³-hybridized carbons (Fsp3) is 0.400. The molecule has 120 valence electrons. The maximum Gasteiger partial charge on any atom is 0.254 e. The average molecular weight is 317 g/mol. The number of carbonyl (C=O) groups excluding carboxylic acids is 1. The van der Waals surface area contributed by atoms with Crippen LogP contribution in [0.15, 0.2) is 22.6 Å². The highest BCUT2D eigenvalue weighted by atomic mass is 16.7. The zero-order chi connectivity index (χ0) is 15.8. The van der Waals surface area contributed by atoms with Crippen LogP contribution in [-0.2, 0) is 4.74 Å². The van der Waals surface area contributed by atoms with Gasteiger partial charge in [-0.3, -0.25) is 4.79 Å². The number of amides is 1. The first-order valence-corrected chi connectivity index (χ1v) is 7.31. The summed E-state index contributed by atoms with van der Waals surface area (Å²) in [5.74, 6) is 1.94. The Hall–Kier alpha value is -2.61. The standard InChI is InChI=1S/C15H15N3O5/c1-9-16-17-14(23-9)11-7-20-5-4-18(11)15(19)10-2-3-12-13(6-10)22-8-21-12/h2-3,6,11H,4-5,7-8H2,1H3. The van der Waals surface area contributed by atoms with Gasteiger partial charge in [0.2, 0.25) is 18.6 Å². The third-order valence-electron chi connectivity index (χ3n) is 3.84. The van der Waals surface area contributed by atoms with Gasteiger partial charge in [0.15, 0.2) is 11.5 Å². The lowest BCUT2D eigenvalue weighted by molar-refractivity contribution is -0.0106. The molecule has 0 saturated carbocycles. The average Bonchev–Trinajstić information content (AvgIpc) is 3.22. The Bertz CT molecular complexity index is 744. The van der Waals surface area contributed by atoms with Crippen LogP contribution in [0.2, 0.25) is 0 Å². The van der Waals surface area contributed by atoms with Gasteiger partial charge < -0.3 is 23.5 Å². The van der Waals surface area contributed by atoms with Crippen LogP contribution >= 0.6 is 0 Å². The third kappa shape index (κ3) is 2.50. The predicted octanol–water partition coefficient (Wildman–Crippen LogP) is 1.32. The monoisotopic (exact) mass is 317 g/mol. The molecule has 0 aliphatic carbocycles. The minimum absolute atomic E-state index is 0.132. The molecule has 0 bridgehead atoms. The van der Waals surface area contributed by atoms with Crippen LogP contribution < -0.4 is 9.47 Å². The fourth-order valence-corrected chi connectivity index (χ4v) is 2.69. The number of aromatic nitrogens is 2. The molecule has 1 fully saturated rings. The van der Waals surface area contributed by atoms with Crippen molar-refractivity contribution in [3.8, 4) is 11.5 Å². The second-order valence-corrected chi connectivity index (χ2v) is 5.32. The van der Waals surface area contributed by atoms with Crippen molar-refractivity contribution in [2.75, 3.05) is 26.6 Å². The molecule has 1 saturated heterocycles. The lowest BCUT2D eigenvalue weighted by Gasteiger charge is -2.33. The number of carbonyl (C=O) groups is 1. The number of fused-ring (bicyclic) bond motifs is 1. The molecule has 1 aromatic carbocycles. The van der Waals surface area contributed by atoms with Gasteiger partial charge in [-0.05, 0) is 18.2 Å². The first-order valence-electron chi connectivity index (χ1n) is 7.31. The van der Waals surface area contributed by atoms with Crippen molar-refractivity contribution in [1.82, 2.24) is 15.1 Å². The predicted molar refractivity (Wildman–Crippen MR) is 76.2 cm³/mol. The molecule has 8 heteroatoms. The molecule has 0 spiro atoms. The quantitative estimate of drug-likeness (QED) is 0.825. The first kappa shape index (κ1) is 14.0. The van der Waals surface area contributed by atoms with Gasteiger partial charge in [0.25, 0.3) is 5.91 Å². The Balaban J connectivity index is 1.62. The van der Waals surface area contributed by atoms with Crippen LogP contribution in [0.1, 0.15) is 28.2 Å². The molecule has 1 atom stereocenters. The molecule has 2 aromatic rings. The van der Waals surface area contributed by atoms with Gasteiger partial charge in [-0.2, -0.15) is 0 Å². The third-order valence-corrected chi connectivity index (χ3v) is 3.84. The van der Waals surface area contributed by atoms with Crippen LogP contribution in [0.4, 0.5) is 0 Å². The topological polar surface area (TPSA) is 86.9 Å². The van der Waals surface area contributed by atoms with E-state index in [4.69, 9.17) is 18.6 Å². The minimum Gasteiger partial charge on any atom is -0.454 e. The number of nitrogens with zero attached hydrogens (tertiary/aromatic N) is 3. The van der Waals surface area contributed by atoms with Crippen LogP contribution in [0.5, 0.6) is 11.5 Å². The van der Waals surface area contributed by atoms with E-state index in [0.717, 1.165) is 0 Å². The van der Waals surface area contributed by atoms with Crippen molar-refractivity contribution in [3.63, 3.8) is 0 Å². The number of hydrogen-bond acceptors (Lipinski definition) is 7. The number of aryl methyl sites for hydroxylation is 1. The van der Waals surface area contributed by atoms with E-state index in [0.29, 0.717) is 48.6 Å². The summed E-state index contributed by atoms with van der Waals surface area (Å²) in [5, 5.41) is 7.85. The molecular formula is C15H15N3O5. The van der Waals surface area contributed by atoms with Crippen molar-refractivity contribution in [3.05, 3.63) is 35.5 Å². The highest BCUT2D eigenvalue weighted by Crippen LogP contribution is 2.34. The van der Waals surface area contributed by atoms with Gasteiger partial charge in [0, 0.05) is 19.0 Å². The first-order chi connectivity index (χ1) is 11.2. The summed E-state index contributed by atoms with van der Waals surface area (Å²) in [6.07, 6.45) is 0. The van der Waals surface area contributed by atoms with Crippen molar-refractivity contribution in [2.24, 2.45) is 0 Å². The number of hydrogen-bond donors (Lipinski definition) is 0. The maximum absolute atomic E-state index is 12.9. The summed E-state index contributed by atoms with van der Waals surface area (Å²) in [6, 6.07) is 4.77. The van der Waals surface area contributed by atoms with Crippen LogP contribution in [-0.4, -0.2) is 47.6 Å². The minimum atomic E-state index is -0.386. The molecule has 0 radical (unpaired) electrons. The van der Waals surface area contributed by atoms with Crippen molar-refractivity contribution < 1.29 is 23.4 Å². The molecular weight excluding hydrogens is 302 g/mol. The number of benzene rings is 1. The summed E-state index contributed by atoms with van der Waals surface area (Å²) in [7, 11) is 0. The van der Waals surface area contributed by atoms with Crippen molar-refractivity contribution >= 4 is 5.91 Å². The zero-order valence-corrected chi connectivity index (χ0v) is 12.5. The van der Waals surface area contributed by atoms with Crippen LogP contribution in [0.3, 0.4) is 0 Å². The van der Waals surface area contributed by atoms with Crippen molar-refractivity contribution in [2.45, 2.75) is 13.0 Å². The lowest BCUT2D eigenvalue weighted by atomic mass is 10.1. The van der Waals surface area contributed by atoms with E-state index in [1.807, 2.05) is 0 Å².